The summed E-state index contributed by atoms with van der Waals surface area (Å²) in [5.41, 5.74) is 3.74. The first-order valence-corrected chi connectivity index (χ1v) is 5.04. The van der Waals surface area contributed by atoms with Crippen LogP contribution in [0.1, 0.15) is 11.3 Å². The van der Waals surface area contributed by atoms with Crippen molar-refractivity contribution in [2.24, 2.45) is 0 Å². The molecule has 4 nitrogen and oxygen atoms in total. The van der Waals surface area contributed by atoms with Gasteiger partial charge in [-0.1, -0.05) is 12.1 Å². The van der Waals surface area contributed by atoms with E-state index >= 15 is 0 Å². The van der Waals surface area contributed by atoms with Crippen LogP contribution in [-0.4, -0.2) is 15.1 Å². The quantitative estimate of drug-likeness (QED) is 0.782. The Morgan fingerprint density at radius 1 is 1.31 bits per heavy atom. The van der Waals surface area contributed by atoms with Crippen LogP contribution >= 0.6 is 0 Å². The third-order valence-electron chi connectivity index (χ3n) is 2.68. The van der Waals surface area contributed by atoms with Crippen molar-refractivity contribution in [2.75, 3.05) is 0 Å². The van der Waals surface area contributed by atoms with Gasteiger partial charge in [0.25, 0.3) is 0 Å². The van der Waals surface area contributed by atoms with E-state index in [1.807, 2.05) is 18.2 Å². The lowest BCUT2D eigenvalue weighted by molar-refractivity contribution is 0.276. The molecule has 1 aliphatic heterocycles. The van der Waals surface area contributed by atoms with Gasteiger partial charge >= 0.3 is 0 Å². The van der Waals surface area contributed by atoms with Crippen LogP contribution < -0.4 is 4.74 Å². The van der Waals surface area contributed by atoms with E-state index in [2.05, 4.69) is 9.97 Å². The van der Waals surface area contributed by atoms with Crippen LogP contribution in [0.25, 0.3) is 11.1 Å². The zero-order chi connectivity index (χ0) is 11.0. The first-order valence-electron chi connectivity index (χ1n) is 5.04. The van der Waals surface area contributed by atoms with Crippen LogP contribution in [0.15, 0.2) is 30.7 Å². The smallest absolute Gasteiger partial charge is 0.131 e. The Labute approximate surface area is 92.6 Å². The molecule has 80 valence electrons. The summed E-state index contributed by atoms with van der Waals surface area (Å²) in [7, 11) is 0. The lowest BCUT2D eigenvalue weighted by atomic mass is 10.0. The predicted molar refractivity (Wildman–Crippen MR) is 57.7 cm³/mol. The molecule has 0 bridgehead atoms. The number of aliphatic hydroxyl groups is 1. The predicted octanol–water partition coefficient (Wildman–Crippen LogP) is 1.53. The maximum atomic E-state index is 9.05. The molecular weight excluding hydrogens is 204 g/mol. The van der Waals surface area contributed by atoms with Crippen molar-refractivity contribution in [2.45, 2.75) is 13.2 Å². The average Bonchev–Trinajstić information content (AvgIpc) is 2.38. The fourth-order valence-corrected chi connectivity index (χ4v) is 1.85. The zero-order valence-corrected chi connectivity index (χ0v) is 8.55. The van der Waals surface area contributed by atoms with Gasteiger partial charge in [0.1, 0.15) is 18.7 Å². The van der Waals surface area contributed by atoms with Gasteiger partial charge < -0.3 is 9.84 Å². The second-order valence-electron chi connectivity index (χ2n) is 3.66. The van der Waals surface area contributed by atoms with E-state index in [4.69, 9.17) is 9.84 Å². The monoisotopic (exact) mass is 214 g/mol. The van der Waals surface area contributed by atoms with Crippen LogP contribution in [0.4, 0.5) is 0 Å². The second kappa shape index (κ2) is 3.57. The molecule has 3 rings (SSSR count). The Kier molecular flexibility index (Phi) is 2.08. The van der Waals surface area contributed by atoms with Gasteiger partial charge in [-0.25, -0.2) is 9.97 Å². The van der Waals surface area contributed by atoms with E-state index in [0.717, 1.165) is 28.1 Å². The highest BCUT2D eigenvalue weighted by Gasteiger charge is 2.18. The van der Waals surface area contributed by atoms with Gasteiger partial charge in [-0.3, -0.25) is 0 Å². The molecule has 1 N–H and O–H groups in total. The third-order valence-corrected chi connectivity index (χ3v) is 2.68. The van der Waals surface area contributed by atoms with Crippen LogP contribution in [-0.2, 0) is 13.2 Å². The highest BCUT2D eigenvalue weighted by atomic mass is 16.5. The average molecular weight is 214 g/mol. The summed E-state index contributed by atoms with van der Waals surface area (Å²) in [6.45, 7) is 0.481. The number of aliphatic hydroxyl groups excluding tert-OH is 1. The molecule has 1 aromatic carbocycles. The van der Waals surface area contributed by atoms with Gasteiger partial charge in [0.15, 0.2) is 0 Å². The van der Waals surface area contributed by atoms with Crippen molar-refractivity contribution in [1.29, 1.82) is 0 Å². The van der Waals surface area contributed by atoms with E-state index in [0.29, 0.717) is 6.61 Å². The third kappa shape index (κ3) is 1.35. The van der Waals surface area contributed by atoms with Crippen LogP contribution in [0.3, 0.4) is 0 Å². The normalized spacial score (nSPS) is 12.6. The summed E-state index contributed by atoms with van der Waals surface area (Å²) in [6.07, 6.45) is 3.32. The van der Waals surface area contributed by atoms with E-state index in [9.17, 15) is 0 Å². The van der Waals surface area contributed by atoms with Gasteiger partial charge in [0.2, 0.25) is 0 Å². The molecule has 0 saturated heterocycles. The molecule has 0 spiro atoms. The molecule has 0 radical (unpaired) electrons. The van der Waals surface area contributed by atoms with E-state index in [1.165, 1.54) is 6.33 Å². The molecule has 2 heterocycles. The number of aromatic nitrogens is 2. The number of fused-ring (bicyclic) bond motifs is 3. The molecule has 0 atom stereocenters. The van der Waals surface area contributed by atoms with Crippen molar-refractivity contribution in [3.63, 3.8) is 0 Å². The zero-order valence-electron chi connectivity index (χ0n) is 8.55. The lowest BCUT2D eigenvalue weighted by Gasteiger charge is -2.19. The van der Waals surface area contributed by atoms with Crippen molar-refractivity contribution >= 4 is 0 Å². The van der Waals surface area contributed by atoms with Gasteiger partial charge in [-0.05, 0) is 11.6 Å². The van der Waals surface area contributed by atoms with Crippen LogP contribution in [0.2, 0.25) is 0 Å². The molecule has 0 aliphatic carbocycles. The maximum absolute atomic E-state index is 9.05. The molecule has 2 aromatic rings. The van der Waals surface area contributed by atoms with Crippen LogP contribution in [0, 0.1) is 0 Å². The minimum absolute atomic E-state index is 0.0226. The van der Waals surface area contributed by atoms with E-state index in [-0.39, 0.29) is 6.61 Å². The number of rotatable bonds is 1. The molecule has 4 heteroatoms. The SMILES string of the molecule is OCc1ccc2c(c1)OCc1ncncc1-2. The fraction of sp³-hybridized carbons (Fsp3) is 0.167. The molecule has 0 amide bonds. The lowest BCUT2D eigenvalue weighted by Crippen LogP contribution is -2.08. The van der Waals surface area contributed by atoms with Gasteiger partial charge in [0, 0.05) is 17.3 Å². The van der Waals surface area contributed by atoms with E-state index in [1.54, 1.807) is 6.20 Å². The summed E-state index contributed by atoms with van der Waals surface area (Å²) in [5, 5.41) is 9.05. The highest BCUT2D eigenvalue weighted by Crippen LogP contribution is 2.36. The summed E-state index contributed by atoms with van der Waals surface area (Å²) >= 11 is 0. The van der Waals surface area contributed by atoms with Crippen molar-refractivity contribution < 1.29 is 9.84 Å². The summed E-state index contributed by atoms with van der Waals surface area (Å²) in [5.74, 6) is 0.786. The molecule has 1 aromatic heterocycles. The Morgan fingerprint density at radius 3 is 3.12 bits per heavy atom. The molecule has 1 aliphatic rings. The van der Waals surface area contributed by atoms with Gasteiger partial charge in [-0.15, -0.1) is 0 Å². The molecule has 0 unspecified atom stereocenters. The number of ether oxygens (including phenoxy) is 1. The fourth-order valence-electron chi connectivity index (χ4n) is 1.85. The number of nitrogens with zero attached hydrogens (tertiary/aromatic N) is 2. The summed E-state index contributed by atoms with van der Waals surface area (Å²) in [6, 6.07) is 5.66. The number of hydrogen-bond acceptors (Lipinski definition) is 4. The highest BCUT2D eigenvalue weighted by molar-refractivity contribution is 5.73. The van der Waals surface area contributed by atoms with E-state index < -0.39 is 0 Å². The standard InChI is InChI=1S/C12H10N2O2/c15-5-8-1-2-9-10-4-13-7-14-11(10)6-16-12(9)3-8/h1-4,7,15H,5-6H2. The maximum Gasteiger partial charge on any atom is 0.131 e. The Balaban J connectivity index is 2.18. The van der Waals surface area contributed by atoms with Gasteiger partial charge in [0.05, 0.1) is 12.3 Å². The topological polar surface area (TPSA) is 55.2 Å². The summed E-state index contributed by atoms with van der Waals surface area (Å²) in [4.78, 5) is 8.20. The molecule has 16 heavy (non-hydrogen) atoms. The van der Waals surface area contributed by atoms with Gasteiger partial charge in [-0.2, -0.15) is 0 Å². The number of hydrogen-bond donors (Lipinski definition) is 1. The van der Waals surface area contributed by atoms with Crippen molar-refractivity contribution in [3.05, 3.63) is 42.0 Å². The first kappa shape index (κ1) is 9.30. The summed E-state index contributed by atoms with van der Waals surface area (Å²) < 4.78 is 5.59. The Hall–Kier alpha value is -1.94. The van der Waals surface area contributed by atoms with Crippen molar-refractivity contribution in [1.82, 2.24) is 9.97 Å². The second-order valence-corrected chi connectivity index (χ2v) is 3.66. The van der Waals surface area contributed by atoms with Crippen molar-refractivity contribution in [3.8, 4) is 16.9 Å². The number of benzene rings is 1. The molecular formula is C12H10N2O2. The molecule has 0 saturated carbocycles. The molecule has 0 fully saturated rings. The Morgan fingerprint density at radius 2 is 2.25 bits per heavy atom. The first-order chi connectivity index (χ1) is 7.88. The van der Waals surface area contributed by atoms with Crippen LogP contribution in [0.5, 0.6) is 5.75 Å². The minimum atomic E-state index is 0.0226. The minimum Gasteiger partial charge on any atom is -0.487 e. The Bertz CT molecular complexity index is 540. The largest absolute Gasteiger partial charge is 0.487 e.